The summed E-state index contributed by atoms with van der Waals surface area (Å²) >= 11 is 0. The van der Waals surface area contributed by atoms with E-state index in [2.05, 4.69) is 0 Å². The third-order valence-electron chi connectivity index (χ3n) is 3.70. The van der Waals surface area contributed by atoms with Gasteiger partial charge in [0.2, 0.25) is 5.78 Å². The van der Waals surface area contributed by atoms with E-state index in [0.29, 0.717) is 34.1 Å². The van der Waals surface area contributed by atoms with Crippen LogP contribution in [0.2, 0.25) is 0 Å². The number of allylic oxidation sites excluding steroid dienone is 1. The molecule has 2 aromatic carbocycles. The molecule has 1 aliphatic rings. The van der Waals surface area contributed by atoms with E-state index in [9.17, 15) is 4.79 Å². The second-order valence-corrected chi connectivity index (χ2v) is 5.23. The first-order chi connectivity index (χ1) is 12.2. The van der Waals surface area contributed by atoms with Gasteiger partial charge in [0.05, 0.1) is 14.2 Å². The molecule has 0 saturated carbocycles. The molecule has 0 atom stereocenters. The Kier molecular flexibility index (Phi) is 4.90. The molecule has 6 nitrogen and oxygen atoms in total. The van der Waals surface area contributed by atoms with Gasteiger partial charge in [0.15, 0.2) is 12.6 Å². The van der Waals surface area contributed by atoms with E-state index in [0.717, 1.165) is 0 Å². The molecule has 3 rings (SSSR count). The normalized spacial score (nSPS) is 14.2. The number of carbonyl (C=O) groups is 1. The van der Waals surface area contributed by atoms with Crippen LogP contribution in [0.25, 0.3) is 6.08 Å². The SMILES string of the molecule is COCOc1ccccc1/C=C1\Oc2cc(OC)cc(OC)c2C1=O. The molecular weight excluding hydrogens is 324 g/mol. The summed E-state index contributed by atoms with van der Waals surface area (Å²) in [6.07, 6.45) is 1.64. The monoisotopic (exact) mass is 342 g/mol. The minimum atomic E-state index is -0.254. The van der Waals surface area contributed by atoms with Gasteiger partial charge in [-0.25, -0.2) is 0 Å². The Hall–Kier alpha value is -2.99. The molecule has 0 fully saturated rings. The number of ketones is 1. The molecule has 130 valence electrons. The number of para-hydroxylation sites is 1. The molecule has 2 aromatic rings. The molecule has 0 N–H and O–H groups in total. The summed E-state index contributed by atoms with van der Waals surface area (Å²) in [5.74, 6) is 1.89. The van der Waals surface area contributed by atoms with Crippen LogP contribution in [0.5, 0.6) is 23.0 Å². The molecule has 0 radical (unpaired) electrons. The maximum atomic E-state index is 12.7. The fourth-order valence-electron chi connectivity index (χ4n) is 2.53. The Morgan fingerprint density at radius 1 is 1.04 bits per heavy atom. The fraction of sp³-hybridized carbons (Fsp3) is 0.211. The lowest BCUT2D eigenvalue weighted by Crippen LogP contribution is -2.02. The van der Waals surface area contributed by atoms with Crippen molar-refractivity contribution in [1.29, 1.82) is 0 Å². The number of hydrogen-bond donors (Lipinski definition) is 0. The maximum Gasteiger partial charge on any atom is 0.235 e. The Morgan fingerprint density at radius 2 is 1.84 bits per heavy atom. The number of carbonyl (C=O) groups excluding carboxylic acids is 1. The summed E-state index contributed by atoms with van der Waals surface area (Å²) in [6.45, 7) is 0.111. The first-order valence-corrected chi connectivity index (χ1v) is 7.59. The van der Waals surface area contributed by atoms with Crippen molar-refractivity contribution in [1.82, 2.24) is 0 Å². The van der Waals surface area contributed by atoms with Crippen LogP contribution in [0.1, 0.15) is 15.9 Å². The van der Waals surface area contributed by atoms with Gasteiger partial charge < -0.3 is 23.7 Å². The molecular formula is C19H18O6. The van der Waals surface area contributed by atoms with E-state index in [-0.39, 0.29) is 18.3 Å². The van der Waals surface area contributed by atoms with Gasteiger partial charge >= 0.3 is 0 Å². The predicted octanol–water partition coefficient (Wildman–Crippen LogP) is 3.30. The first kappa shape index (κ1) is 16.9. The Bertz CT molecular complexity index is 825. The summed E-state index contributed by atoms with van der Waals surface area (Å²) in [5.41, 5.74) is 1.09. The number of rotatable bonds is 6. The van der Waals surface area contributed by atoms with Crippen molar-refractivity contribution in [3.8, 4) is 23.0 Å². The van der Waals surface area contributed by atoms with E-state index in [1.54, 1.807) is 31.4 Å². The third kappa shape index (κ3) is 3.29. The van der Waals surface area contributed by atoms with Crippen LogP contribution in [0.4, 0.5) is 0 Å². The average Bonchev–Trinajstić information content (AvgIpc) is 2.95. The van der Waals surface area contributed by atoms with Gasteiger partial charge in [-0.2, -0.15) is 0 Å². The highest BCUT2D eigenvalue weighted by Crippen LogP contribution is 2.41. The minimum Gasteiger partial charge on any atom is -0.496 e. The topological polar surface area (TPSA) is 63.2 Å². The lowest BCUT2D eigenvalue weighted by Gasteiger charge is -2.08. The smallest absolute Gasteiger partial charge is 0.235 e. The van der Waals surface area contributed by atoms with Gasteiger partial charge in [-0.15, -0.1) is 0 Å². The minimum absolute atomic E-state index is 0.111. The maximum absolute atomic E-state index is 12.7. The standard InChI is InChI=1S/C19H18O6/c1-21-11-24-14-7-5-4-6-12(14)8-17-19(20)18-15(23-3)9-13(22-2)10-16(18)25-17/h4-10H,11H2,1-3H3/b17-8-. The van der Waals surface area contributed by atoms with E-state index >= 15 is 0 Å². The summed E-state index contributed by atoms with van der Waals surface area (Å²) in [5, 5.41) is 0. The number of benzene rings is 2. The van der Waals surface area contributed by atoms with Gasteiger partial charge in [-0.3, -0.25) is 4.79 Å². The summed E-state index contributed by atoms with van der Waals surface area (Å²) in [7, 11) is 4.58. The van der Waals surface area contributed by atoms with Gasteiger partial charge in [0.1, 0.15) is 28.6 Å². The van der Waals surface area contributed by atoms with Gasteiger partial charge in [-0.05, 0) is 12.1 Å². The second-order valence-electron chi connectivity index (χ2n) is 5.23. The van der Waals surface area contributed by atoms with E-state index < -0.39 is 0 Å². The second kappa shape index (κ2) is 7.27. The number of fused-ring (bicyclic) bond motifs is 1. The van der Waals surface area contributed by atoms with Crippen LogP contribution in [0.15, 0.2) is 42.2 Å². The molecule has 0 amide bonds. The van der Waals surface area contributed by atoms with Crippen LogP contribution in [0, 0.1) is 0 Å². The van der Waals surface area contributed by atoms with Crippen molar-refractivity contribution in [2.75, 3.05) is 28.1 Å². The lowest BCUT2D eigenvalue weighted by atomic mass is 10.1. The molecule has 6 heteroatoms. The molecule has 0 aliphatic carbocycles. The number of Topliss-reactive ketones (excluding diaryl/α,β-unsaturated/α-hetero) is 1. The summed E-state index contributed by atoms with van der Waals surface area (Å²) in [4.78, 5) is 12.7. The molecule has 0 unspecified atom stereocenters. The van der Waals surface area contributed by atoms with Crippen LogP contribution in [-0.4, -0.2) is 33.9 Å². The highest BCUT2D eigenvalue weighted by Gasteiger charge is 2.32. The summed E-state index contributed by atoms with van der Waals surface area (Å²) < 4.78 is 26.7. The molecule has 0 spiro atoms. The molecule has 1 heterocycles. The van der Waals surface area contributed by atoms with Crippen LogP contribution >= 0.6 is 0 Å². The first-order valence-electron chi connectivity index (χ1n) is 7.59. The molecule has 0 saturated heterocycles. The molecule has 1 aliphatic heterocycles. The zero-order chi connectivity index (χ0) is 17.8. The third-order valence-corrected chi connectivity index (χ3v) is 3.70. The summed E-state index contributed by atoms with van der Waals surface area (Å²) in [6, 6.07) is 10.6. The zero-order valence-electron chi connectivity index (χ0n) is 14.2. The number of hydrogen-bond acceptors (Lipinski definition) is 6. The fourth-order valence-corrected chi connectivity index (χ4v) is 2.53. The molecule has 0 bridgehead atoms. The van der Waals surface area contributed by atoms with E-state index in [1.807, 2.05) is 18.2 Å². The van der Waals surface area contributed by atoms with Crippen molar-refractivity contribution < 1.29 is 28.5 Å². The number of methoxy groups -OCH3 is 3. The number of ether oxygens (including phenoxy) is 5. The van der Waals surface area contributed by atoms with Crippen molar-refractivity contribution >= 4 is 11.9 Å². The molecule has 25 heavy (non-hydrogen) atoms. The Balaban J connectivity index is 1.98. The van der Waals surface area contributed by atoms with Gasteiger partial charge in [0, 0.05) is 24.8 Å². The Labute approximate surface area is 145 Å². The zero-order valence-corrected chi connectivity index (χ0v) is 14.2. The largest absolute Gasteiger partial charge is 0.496 e. The van der Waals surface area contributed by atoms with Crippen LogP contribution < -0.4 is 18.9 Å². The van der Waals surface area contributed by atoms with Crippen molar-refractivity contribution in [2.24, 2.45) is 0 Å². The van der Waals surface area contributed by atoms with Crippen molar-refractivity contribution in [3.63, 3.8) is 0 Å². The van der Waals surface area contributed by atoms with Crippen molar-refractivity contribution in [3.05, 3.63) is 53.3 Å². The van der Waals surface area contributed by atoms with E-state index in [1.165, 1.54) is 14.2 Å². The van der Waals surface area contributed by atoms with Gasteiger partial charge in [0.25, 0.3) is 0 Å². The van der Waals surface area contributed by atoms with Crippen LogP contribution in [0.3, 0.4) is 0 Å². The van der Waals surface area contributed by atoms with Crippen LogP contribution in [-0.2, 0) is 4.74 Å². The molecule has 0 aromatic heterocycles. The van der Waals surface area contributed by atoms with E-state index in [4.69, 9.17) is 23.7 Å². The predicted molar refractivity (Wildman–Crippen MR) is 91.4 cm³/mol. The highest BCUT2D eigenvalue weighted by atomic mass is 16.7. The van der Waals surface area contributed by atoms with Gasteiger partial charge in [-0.1, -0.05) is 18.2 Å². The highest BCUT2D eigenvalue weighted by molar-refractivity contribution is 6.16. The quantitative estimate of drug-likeness (QED) is 0.593. The Morgan fingerprint density at radius 3 is 2.56 bits per heavy atom. The van der Waals surface area contributed by atoms with Crippen molar-refractivity contribution in [2.45, 2.75) is 0 Å². The lowest BCUT2D eigenvalue weighted by molar-refractivity contribution is 0.0509. The average molecular weight is 342 g/mol.